The zero-order valence-corrected chi connectivity index (χ0v) is 16.2. The third-order valence-corrected chi connectivity index (χ3v) is 6.77. The summed E-state index contributed by atoms with van der Waals surface area (Å²) in [6, 6.07) is 3.27. The number of hydrogen-bond acceptors (Lipinski definition) is 10. The van der Waals surface area contributed by atoms with E-state index in [1.807, 2.05) is 0 Å². The second-order valence-electron chi connectivity index (χ2n) is 4.88. The van der Waals surface area contributed by atoms with Crippen LogP contribution in [0, 0.1) is 0 Å². The number of aliphatic hydroxyl groups is 2. The fourth-order valence-electron chi connectivity index (χ4n) is 1.66. The highest BCUT2D eigenvalue weighted by molar-refractivity contribution is 8.55. The monoisotopic (exact) mass is 409 g/mol. The Morgan fingerprint density at radius 2 is 2.15 bits per heavy atom. The molecule has 0 spiro atoms. The second kappa shape index (κ2) is 13.2. The zero-order valence-electron chi connectivity index (χ0n) is 14.5. The number of carbonyl (C=O) groups is 1. The lowest BCUT2D eigenvalue weighted by Gasteiger charge is -2.21. The van der Waals surface area contributed by atoms with Gasteiger partial charge in [0.15, 0.2) is 6.29 Å². The van der Waals surface area contributed by atoms with Crippen molar-refractivity contribution in [2.45, 2.75) is 19.1 Å². The molecule has 2 atom stereocenters. The van der Waals surface area contributed by atoms with Crippen molar-refractivity contribution in [1.82, 2.24) is 4.98 Å². The number of ether oxygens (including phenoxy) is 2. The third-order valence-electron chi connectivity index (χ3n) is 2.92. The number of carbonyl (C=O) groups excluding carboxylic acids is 1. The minimum Gasteiger partial charge on any atom is -0.462 e. The van der Waals surface area contributed by atoms with Gasteiger partial charge in [-0.3, -0.25) is 14.0 Å². The van der Waals surface area contributed by atoms with Crippen LogP contribution in [0.15, 0.2) is 24.5 Å². The van der Waals surface area contributed by atoms with Crippen LogP contribution in [0.2, 0.25) is 0 Å². The first kappa shape index (κ1) is 23.0. The molecular formula is C15H24NO8PS. The van der Waals surface area contributed by atoms with Crippen LogP contribution < -0.4 is 0 Å². The Kier molecular flexibility index (Phi) is 11.7. The number of nitrogens with zero attached hydrogens (tertiary/aromatic N) is 1. The number of pyridine rings is 1. The molecule has 0 aliphatic carbocycles. The van der Waals surface area contributed by atoms with Crippen LogP contribution >= 0.6 is 18.2 Å². The Bertz CT molecular complexity index is 558. The molecule has 0 aromatic carbocycles. The summed E-state index contributed by atoms with van der Waals surface area (Å²) >= 11 is 0.936. The van der Waals surface area contributed by atoms with E-state index in [9.17, 15) is 9.36 Å². The maximum absolute atomic E-state index is 12.6. The average molecular weight is 409 g/mol. The lowest BCUT2D eigenvalue weighted by Crippen LogP contribution is -2.18. The van der Waals surface area contributed by atoms with Crippen LogP contribution in [0.1, 0.15) is 23.2 Å². The molecule has 0 radical (unpaired) electrons. The smallest absolute Gasteiger partial charge is 0.391 e. The number of unbranched alkanes of at least 4 members (excludes halogenated alkanes) is 1. The summed E-state index contributed by atoms with van der Waals surface area (Å²) in [7, 11) is 1.30. The SMILES string of the molecule is COC(CO)OP(=O)(OCCO)SCCCCOC(=O)c1cccnc1. The van der Waals surface area contributed by atoms with Gasteiger partial charge in [-0.2, -0.15) is 0 Å². The van der Waals surface area contributed by atoms with Gasteiger partial charge in [-0.05, 0) is 36.4 Å². The van der Waals surface area contributed by atoms with E-state index >= 15 is 0 Å². The zero-order chi connectivity index (χ0) is 19.3. The van der Waals surface area contributed by atoms with Gasteiger partial charge in [0.25, 0.3) is 0 Å². The summed E-state index contributed by atoms with van der Waals surface area (Å²) in [4.78, 5) is 15.6. The van der Waals surface area contributed by atoms with Crippen molar-refractivity contribution in [3.63, 3.8) is 0 Å². The molecule has 0 amide bonds. The first-order valence-electron chi connectivity index (χ1n) is 7.94. The van der Waals surface area contributed by atoms with E-state index in [1.54, 1.807) is 18.3 Å². The Labute approximate surface area is 156 Å². The summed E-state index contributed by atoms with van der Waals surface area (Å²) in [6.07, 6.45) is 3.08. The molecule has 26 heavy (non-hydrogen) atoms. The van der Waals surface area contributed by atoms with Crippen LogP contribution in [-0.4, -0.2) is 66.7 Å². The van der Waals surface area contributed by atoms with Gasteiger partial charge in [0.1, 0.15) is 0 Å². The van der Waals surface area contributed by atoms with Gasteiger partial charge in [0.2, 0.25) is 0 Å². The summed E-state index contributed by atoms with van der Waals surface area (Å²) in [5.41, 5.74) is 0.381. The summed E-state index contributed by atoms with van der Waals surface area (Å²) in [6.45, 7) is -4.32. The van der Waals surface area contributed by atoms with Crippen LogP contribution in [0.3, 0.4) is 0 Å². The van der Waals surface area contributed by atoms with Crippen LogP contribution in [0.4, 0.5) is 0 Å². The minimum atomic E-state index is -3.58. The van der Waals surface area contributed by atoms with Crippen molar-refractivity contribution in [3.8, 4) is 0 Å². The third kappa shape index (κ3) is 9.09. The highest BCUT2D eigenvalue weighted by Crippen LogP contribution is 2.61. The molecule has 2 N–H and O–H groups in total. The van der Waals surface area contributed by atoms with Gasteiger partial charge in [-0.1, -0.05) is 0 Å². The predicted octanol–water partition coefficient (Wildman–Crippen LogP) is 1.85. The van der Waals surface area contributed by atoms with Gasteiger partial charge in [-0.25, -0.2) is 9.36 Å². The molecule has 2 unspecified atom stereocenters. The van der Waals surface area contributed by atoms with Gasteiger partial charge < -0.3 is 19.7 Å². The van der Waals surface area contributed by atoms with Crippen molar-refractivity contribution in [2.75, 3.05) is 39.3 Å². The molecule has 1 heterocycles. The topological polar surface area (TPSA) is 124 Å². The quantitative estimate of drug-likeness (QED) is 0.204. The maximum Gasteiger partial charge on any atom is 0.391 e. The summed E-state index contributed by atoms with van der Waals surface area (Å²) in [5.74, 6) is -0.0356. The van der Waals surface area contributed by atoms with Gasteiger partial charge >= 0.3 is 12.8 Å². The predicted molar refractivity (Wildman–Crippen MR) is 95.8 cm³/mol. The number of aliphatic hydroxyl groups excluding tert-OH is 2. The van der Waals surface area contributed by atoms with Crippen molar-refractivity contribution in [2.24, 2.45) is 0 Å². The Morgan fingerprint density at radius 3 is 2.77 bits per heavy atom. The fourth-order valence-corrected chi connectivity index (χ4v) is 5.13. The molecule has 1 aromatic heterocycles. The van der Waals surface area contributed by atoms with Gasteiger partial charge in [-0.15, -0.1) is 0 Å². The molecule has 0 bridgehead atoms. The molecule has 0 aliphatic heterocycles. The van der Waals surface area contributed by atoms with E-state index in [2.05, 4.69) is 4.98 Å². The van der Waals surface area contributed by atoms with Crippen LogP contribution in [0.5, 0.6) is 0 Å². The number of methoxy groups -OCH3 is 1. The van der Waals surface area contributed by atoms with Crippen molar-refractivity contribution in [1.29, 1.82) is 0 Å². The number of aromatic nitrogens is 1. The molecule has 9 nitrogen and oxygen atoms in total. The standard InChI is InChI=1S/C15H24NO8PS/c1-21-14(12-18)24-25(20,23-9-7-17)26-10-3-2-8-22-15(19)13-5-4-6-16-11-13/h4-6,11,14,17-18H,2-3,7-10,12H2,1H3. The Balaban J connectivity index is 2.31. The van der Waals surface area contributed by atoms with Crippen LogP contribution in [0.25, 0.3) is 0 Å². The normalized spacial score (nSPS) is 14.6. The van der Waals surface area contributed by atoms with Crippen LogP contribution in [-0.2, 0) is 23.1 Å². The highest BCUT2D eigenvalue weighted by Gasteiger charge is 2.29. The fraction of sp³-hybridized carbons (Fsp3) is 0.600. The molecule has 0 saturated carbocycles. The second-order valence-corrected chi connectivity index (χ2v) is 9.02. The first-order chi connectivity index (χ1) is 12.5. The van der Waals surface area contributed by atoms with E-state index in [-0.39, 0.29) is 19.8 Å². The largest absolute Gasteiger partial charge is 0.462 e. The maximum atomic E-state index is 12.6. The molecular weight excluding hydrogens is 385 g/mol. The number of rotatable bonds is 14. The molecule has 0 aliphatic rings. The lowest BCUT2D eigenvalue weighted by molar-refractivity contribution is -0.0884. The molecule has 0 saturated heterocycles. The first-order valence-corrected chi connectivity index (χ1v) is 11.1. The van der Waals surface area contributed by atoms with Gasteiger partial charge in [0.05, 0.1) is 32.0 Å². The average Bonchev–Trinajstić information content (AvgIpc) is 2.68. The minimum absolute atomic E-state index is 0.158. The molecule has 1 rings (SSSR count). The lowest BCUT2D eigenvalue weighted by atomic mass is 10.3. The number of esters is 1. The molecule has 148 valence electrons. The molecule has 1 aromatic rings. The van der Waals surface area contributed by atoms with E-state index in [1.165, 1.54) is 13.3 Å². The van der Waals surface area contributed by atoms with Crippen molar-refractivity contribution in [3.05, 3.63) is 30.1 Å². The summed E-state index contributed by atoms with van der Waals surface area (Å²) < 4.78 is 32.7. The van der Waals surface area contributed by atoms with Crippen molar-refractivity contribution < 1.29 is 38.1 Å². The Hall–Kier alpha value is -1.00. The molecule has 11 heteroatoms. The Morgan fingerprint density at radius 1 is 1.35 bits per heavy atom. The van der Waals surface area contributed by atoms with Crippen molar-refractivity contribution >= 4 is 24.1 Å². The van der Waals surface area contributed by atoms with Gasteiger partial charge in [0, 0.05) is 25.3 Å². The number of hydrogen-bond donors (Lipinski definition) is 2. The van der Waals surface area contributed by atoms with E-state index in [4.69, 9.17) is 28.7 Å². The molecule has 0 fully saturated rings. The van der Waals surface area contributed by atoms with E-state index in [0.29, 0.717) is 24.2 Å². The van der Waals surface area contributed by atoms with E-state index < -0.39 is 25.7 Å². The highest BCUT2D eigenvalue weighted by atomic mass is 32.7. The van der Waals surface area contributed by atoms with E-state index in [0.717, 1.165) is 11.4 Å². The summed E-state index contributed by atoms with van der Waals surface area (Å²) in [5, 5.41) is 17.9.